The maximum atomic E-state index is 12.4. The fourth-order valence-corrected chi connectivity index (χ4v) is 4.90. The van der Waals surface area contributed by atoms with Crippen molar-refractivity contribution in [2.75, 3.05) is 19.6 Å². The molecule has 0 bridgehead atoms. The molecule has 1 fully saturated rings. The van der Waals surface area contributed by atoms with E-state index in [9.17, 15) is 8.42 Å². The lowest BCUT2D eigenvalue weighted by atomic mass is 10.1. The van der Waals surface area contributed by atoms with Crippen molar-refractivity contribution < 1.29 is 8.42 Å². The Morgan fingerprint density at radius 2 is 2.22 bits per heavy atom. The molecule has 1 aromatic carbocycles. The van der Waals surface area contributed by atoms with Gasteiger partial charge in [-0.2, -0.15) is 4.31 Å². The van der Waals surface area contributed by atoms with Crippen LogP contribution in [-0.2, 0) is 10.0 Å². The second-order valence-corrected chi connectivity index (χ2v) is 7.53. The summed E-state index contributed by atoms with van der Waals surface area (Å²) < 4.78 is 26.9. The molecule has 0 amide bonds. The molecule has 7 heteroatoms. The Labute approximate surface area is 120 Å². The van der Waals surface area contributed by atoms with Crippen LogP contribution in [0.25, 0.3) is 0 Å². The zero-order chi connectivity index (χ0) is 13.3. The van der Waals surface area contributed by atoms with E-state index < -0.39 is 10.0 Å². The average molecular weight is 354 g/mol. The van der Waals surface area contributed by atoms with Gasteiger partial charge >= 0.3 is 0 Å². The predicted octanol–water partition coefficient (Wildman–Crippen LogP) is 2.07. The highest BCUT2D eigenvalue weighted by Crippen LogP contribution is 2.30. The quantitative estimate of drug-likeness (QED) is 0.905. The topological polar surface area (TPSA) is 63.4 Å². The first-order chi connectivity index (χ1) is 8.45. The van der Waals surface area contributed by atoms with E-state index in [-0.39, 0.29) is 10.8 Å². The number of rotatable bonds is 3. The summed E-state index contributed by atoms with van der Waals surface area (Å²) in [5, 5.41) is 0.502. The van der Waals surface area contributed by atoms with Crippen molar-refractivity contribution in [3.63, 3.8) is 0 Å². The summed E-state index contributed by atoms with van der Waals surface area (Å²) in [5.74, 6) is 0.255. The first-order valence-electron chi connectivity index (χ1n) is 5.60. The van der Waals surface area contributed by atoms with Crippen LogP contribution in [0.1, 0.15) is 6.42 Å². The molecule has 0 saturated carbocycles. The molecule has 1 heterocycles. The van der Waals surface area contributed by atoms with E-state index in [1.807, 2.05) is 0 Å². The summed E-state index contributed by atoms with van der Waals surface area (Å²) in [4.78, 5) is 0.254. The molecule has 0 radical (unpaired) electrons. The molecule has 2 N–H and O–H groups in total. The van der Waals surface area contributed by atoms with Crippen molar-refractivity contribution in [3.05, 3.63) is 27.7 Å². The van der Waals surface area contributed by atoms with Gasteiger partial charge in [-0.3, -0.25) is 0 Å². The SMILES string of the molecule is NCC1CCN(S(=O)(=O)c2ccc(Cl)cc2Br)C1. The van der Waals surface area contributed by atoms with Crippen LogP contribution in [0.3, 0.4) is 0 Å². The lowest BCUT2D eigenvalue weighted by Crippen LogP contribution is -2.30. The van der Waals surface area contributed by atoms with Crippen molar-refractivity contribution in [2.24, 2.45) is 11.7 Å². The van der Waals surface area contributed by atoms with Gasteiger partial charge in [-0.15, -0.1) is 0 Å². The smallest absolute Gasteiger partial charge is 0.244 e. The number of nitrogens with zero attached hydrogens (tertiary/aromatic N) is 1. The van der Waals surface area contributed by atoms with Gasteiger partial charge in [-0.25, -0.2) is 8.42 Å². The van der Waals surface area contributed by atoms with E-state index in [0.29, 0.717) is 29.1 Å². The summed E-state index contributed by atoms with van der Waals surface area (Å²) in [6.07, 6.45) is 0.820. The van der Waals surface area contributed by atoms with E-state index in [0.717, 1.165) is 6.42 Å². The number of hydrogen-bond acceptors (Lipinski definition) is 3. The van der Waals surface area contributed by atoms with Crippen molar-refractivity contribution in [1.82, 2.24) is 4.31 Å². The van der Waals surface area contributed by atoms with Gasteiger partial charge in [0.25, 0.3) is 0 Å². The monoisotopic (exact) mass is 352 g/mol. The molecule has 1 saturated heterocycles. The molecule has 100 valence electrons. The van der Waals surface area contributed by atoms with Gasteiger partial charge in [0.05, 0.1) is 4.90 Å². The molecule has 4 nitrogen and oxygen atoms in total. The Balaban J connectivity index is 2.31. The molecule has 18 heavy (non-hydrogen) atoms. The molecule has 0 aliphatic carbocycles. The number of sulfonamides is 1. The highest BCUT2D eigenvalue weighted by atomic mass is 79.9. The first-order valence-corrected chi connectivity index (χ1v) is 8.21. The van der Waals surface area contributed by atoms with Gasteiger partial charge in [-0.05, 0) is 53.0 Å². The third-order valence-electron chi connectivity index (χ3n) is 3.09. The van der Waals surface area contributed by atoms with Crippen molar-refractivity contribution >= 4 is 37.6 Å². The van der Waals surface area contributed by atoms with Gasteiger partial charge < -0.3 is 5.73 Å². The number of halogens is 2. The van der Waals surface area contributed by atoms with Crippen LogP contribution >= 0.6 is 27.5 Å². The fourth-order valence-electron chi connectivity index (χ4n) is 2.03. The highest BCUT2D eigenvalue weighted by Gasteiger charge is 2.32. The minimum Gasteiger partial charge on any atom is -0.330 e. The van der Waals surface area contributed by atoms with Crippen LogP contribution in [0.15, 0.2) is 27.6 Å². The Kier molecular flexibility index (Phi) is 4.33. The summed E-state index contributed by atoms with van der Waals surface area (Å²) in [6, 6.07) is 4.69. The molecule has 1 aliphatic heterocycles. The lowest BCUT2D eigenvalue weighted by Gasteiger charge is -2.17. The van der Waals surface area contributed by atoms with Crippen LogP contribution in [0.5, 0.6) is 0 Å². The predicted molar refractivity (Wildman–Crippen MR) is 75.1 cm³/mol. The standard InChI is InChI=1S/C11H14BrClN2O2S/c12-10-5-9(13)1-2-11(10)18(16,17)15-4-3-8(6-14)7-15/h1-2,5,8H,3-4,6-7,14H2. The molecule has 2 rings (SSSR count). The molecular formula is C11H14BrClN2O2S. The molecule has 1 atom stereocenters. The average Bonchev–Trinajstić information content (AvgIpc) is 2.77. The fraction of sp³-hybridized carbons (Fsp3) is 0.455. The van der Waals surface area contributed by atoms with Gasteiger partial charge in [0, 0.05) is 22.6 Å². The maximum Gasteiger partial charge on any atom is 0.244 e. The minimum absolute atomic E-state index is 0.254. The third-order valence-corrected chi connectivity index (χ3v) is 6.17. The molecule has 1 aliphatic rings. The molecule has 0 spiro atoms. The number of nitrogens with two attached hydrogens (primary N) is 1. The van der Waals surface area contributed by atoms with Crippen LogP contribution in [0, 0.1) is 5.92 Å². The van der Waals surface area contributed by atoms with Crippen LogP contribution < -0.4 is 5.73 Å². The summed E-state index contributed by atoms with van der Waals surface area (Å²) in [5.41, 5.74) is 5.58. The summed E-state index contributed by atoms with van der Waals surface area (Å²) in [7, 11) is -3.46. The molecule has 1 aromatic rings. The van der Waals surface area contributed by atoms with Gasteiger partial charge in [-0.1, -0.05) is 11.6 Å². The van der Waals surface area contributed by atoms with Gasteiger partial charge in [0.15, 0.2) is 0 Å². The van der Waals surface area contributed by atoms with E-state index in [2.05, 4.69) is 15.9 Å². The van der Waals surface area contributed by atoms with Crippen molar-refractivity contribution in [3.8, 4) is 0 Å². The number of benzene rings is 1. The Morgan fingerprint density at radius 3 is 2.78 bits per heavy atom. The third kappa shape index (κ3) is 2.72. The zero-order valence-corrected chi connectivity index (χ0v) is 12.8. The van der Waals surface area contributed by atoms with Crippen molar-refractivity contribution in [2.45, 2.75) is 11.3 Å². The van der Waals surface area contributed by atoms with Crippen LogP contribution in [0.2, 0.25) is 5.02 Å². The van der Waals surface area contributed by atoms with E-state index in [1.165, 1.54) is 10.4 Å². The van der Waals surface area contributed by atoms with Crippen LogP contribution in [0.4, 0.5) is 0 Å². The largest absolute Gasteiger partial charge is 0.330 e. The summed E-state index contributed by atoms with van der Waals surface area (Å²) >= 11 is 9.06. The Morgan fingerprint density at radius 1 is 1.50 bits per heavy atom. The molecular weight excluding hydrogens is 340 g/mol. The van der Waals surface area contributed by atoms with Gasteiger partial charge in [0.1, 0.15) is 0 Å². The first kappa shape index (κ1) is 14.3. The van der Waals surface area contributed by atoms with Gasteiger partial charge in [0.2, 0.25) is 10.0 Å². The lowest BCUT2D eigenvalue weighted by molar-refractivity contribution is 0.459. The van der Waals surface area contributed by atoms with E-state index in [4.69, 9.17) is 17.3 Å². The minimum atomic E-state index is -3.46. The normalized spacial score (nSPS) is 21.4. The summed E-state index contributed by atoms with van der Waals surface area (Å²) in [6.45, 7) is 1.54. The number of hydrogen-bond donors (Lipinski definition) is 1. The zero-order valence-electron chi connectivity index (χ0n) is 9.64. The van der Waals surface area contributed by atoms with Crippen LogP contribution in [-0.4, -0.2) is 32.4 Å². The molecule has 0 aromatic heterocycles. The molecule has 1 unspecified atom stereocenters. The van der Waals surface area contributed by atoms with Crippen molar-refractivity contribution in [1.29, 1.82) is 0 Å². The Hall–Kier alpha value is -0.140. The van der Waals surface area contributed by atoms with E-state index in [1.54, 1.807) is 12.1 Å². The Bertz CT molecular complexity index is 550. The second kappa shape index (κ2) is 5.46. The second-order valence-electron chi connectivity index (χ2n) is 4.33. The highest BCUT2D eigenvalue weighted by molar-refractivity contribution is 9.10. The maximum absolute atomic E-state index is 12.4. The van der Waals surface area contributed by atoms with E-state index >= 15 is 0 Å².